The number of halogens is 1. The molecule has 2 N–H and O–H groups in total. The highest BCUT2D eigenvalue weighted by atomic mass is 19.1. The summed E-state index contributed by atoms with van der Waals surface area (Å²) in [6.45, 7) is 2.38. The van der Waals surface area contributed by atoms with Crippen molar-refractivity contribution in [2.75, 3.05) is 19.6 Å². The fraction of sp³-hybridized carbons (Fsp3) is 1.00. The Bertz CT molecular complexity index is 161. The van der Waals surface area contributed by atoms with E-state index in [4.69, 9.17) is 5.73 Å². The molecule has 1 heterocycles. The molecule has 2 fully saturated rings. The SMILES string of the molecule is NCC1CCC1N1CCC(F)C1. The molecule has 0 aromatic heterocycles. The number of alkyl halides is 1. The van der Waals surface area contributed by atoms with Crippen LogP contribution in [0.2, 0.25) is 0 Å². The van der Waals surface area contributed by atoms with E-state index in [0.717, 1.165) is 19.5 Å². The maximum absolute atomic E-state index is 12.9. The minimum atomic E-state index is -0.580. The molecule has 2 nitrogen and oxygen atoms in total. The normalized spacial score (nSPS) is 43.0. The predicted octanol–water partition coefficient (Wildman–Crippen LogP) is 0.768. The lowest BCUT2D eigenvalue weighted by atomic mass is 9.79. The molecule has 70 valence electrons. The minimum absolute atomic E-state index is 0.580. The van der Waals surface area contributed by atoms with Gasteiger partial charge in [0, 0.05) is 19.1 Å². The summed E-state index contributed by atoms with van der Waals surface area (Å²) in [7, 11) is 0. The van der Waals surface area contributed by atoms with Gasteiger partial charge < -0.3 is 5.73 Å². The third-order valence-electron chi connectivity index (χ3n) is 3.31. The average molecular weight is 172 g/mol. The van der Waals surface area contributed by atoms with Gasteiger partial charge in [0.25, 0.3) is 0 Å². The number of hydrogen-bond acceptors (Lipinski definition) is 2. The third-order valence-corrected chi connectivity index (χ3v) is 3.31. The van der Waals surface area contributed by atoms with Crippen molar-refractivity contribution in [3.63, 3.8) is 0 Å². The van der Waals surface area contributed by atoms with E-state index in [2.05, 4.69) is 4.90 Å². The Morgan fingerprint density at radius 1 is 1.33 bits per heavy atom. The maximum atomic E-state index is 12.9. The molecule has 0 aromatic carbocycles. The van der Waals surface area contributed by atoms with Crippen molar-refractivity contribution in [1.82, 2.24) is 4.90 Å². The first-order valence-electron chi connectivity index (χ1n) is 4.89. The first kappa shape index (κ1) is 8.45. The van der Waals surface area contributed by atoms with Crippen molar-refractivity contribution in [3.8, 4) is 0 Å². The highest BCUT2D eigenvalue weighted by Gasteiger charge is 2.37. The molecule has 1 saturated carbocycles. The third kappa shape index (κ3) is 1.36. The first-order chi connectivity index (χ1) is 5.81. The molecule has 1 saturated heterocycles. The first-order valence-corrected chi connectivity index (χ1v) is 4.89. The standard InChI is InChI=1S/C9H17FN2/c10-8-3-4-12(6-8)9-2-1-7(9)5-11/h7-9H,1-6,11H2. The zero-order valence-electron chi connectivity index (χ0n) is 7.38. The number of hydrogen-bond donors (Lipinski definition) is 1. The summed E-state index contributed by atoms with van der Waals surface area (Å²) < 4.78 is 12.9. The van der Waals surface area contributed by atoms with Crippen LogP contribution in [-0.2, 0) is 0 Å². The minimum Gasteiger partial charge on any atom is -0.330 e. The zero-order chi connectivity index (χ0) is 8.55. The van der Waals surface area contributed by atoms with E-state index in [1.54, 1.807) is 0 Å². The molecule has 0 spiro atoms. The number of likely N-dealkylation sites (tertiary alicyclic amines) is 1. The van der Waals surface area contributed by atoms with Crippen molar-refractivity contribution in [2.24, 2.45) is 11.7 Å². The van der Waals surface area contributed by atoms with E-state index in [0.29, 0.717) is 18.5 Å². The molecule has 1 aliphatic heterocycles. The Balaban J connectivity index is 1.85. The topological polar surface area (TPSA) is 29.3 Å². The van der Waals surface area contributed by atoms with E-state index in [1.807, 2.05) is 0 Å². The monoisotopic (exact) mass is 172 g/mol. The molecule has 1 aliphatic carbocycles. The van der Waals surface area contributed by atoms with E-state index in [1.165, 1.54) is 12.8 Å². The van der Waals surface area contributed by atoms with Crippen molar-refractivity contribution in [3.05, 3.63) is 0 Å². The molecule has 2 rings (SSSR count). The second-order valence-corrected chi connectivity index (χ2v) is 4.02. The summed E-state index contributed by atoms with van der Waals surface area (Å²) in [4.78, 5) is 2.28. The lowest BCUT2D eigenvalue weighted by Gasteiger charge is -2.42. The van der Waals surface area contributed by atoms with Crippen LogP contribution in [0.1, 0.15) is 19.3 Å². The Morgan fingerprint density at radius 3 is 2.58 bits per heavy atom. The largest absolute Gasteiger partial charge is 0.330 e. The van der Waals surface area contributed by atoms with Crippen LogP contribution in [0.25, 0.3) is 0 Å². The van der Waals surface area contributed by atoms with Crippen molar-refractivity contribution in [2.45, 2.75) is 31.5 Å². The maximum Gasteiger partial charge on any atom is 0.114 e. The van der Waals surface area contributed by atoms with Gasteiger partial charge in [0.05, 0.1) is 0 Å². The van der Waals surface area contributed by atoms with Gasteiger partial charge >= 0.3 is 0 Å². The summed E-state index contributed by atoms with van der Waals surface area (Å²) in [5, 5.41) is 0. The average Bonchev–Trinajstić information content (AvgIpc) is 2.35. The molecular weight excluding hydrogens is 155 g/mol. The summed E-state index contributed by atoms with van der Waals surface area (Å²) in [6, 6.07) is 0.607. The van der Waals surface area contributed by atoms with Crippen molar-refractivity contribution >= 4 is 0 Å². The van der Waals surface area contributed by atoms with Crippen LogP contribution in [-0.4, -0.2) is 36.7 Å². The van der Waals surface area contributed by atoms with Gasteiger partial charge in [-0.05, 0) is 31.7 Å². The van der Waals surface area contributed by atoms with Crippen molar-refractivity contribution in [1.29, 1.82) is 0 Å². The smallest absolute Gasteiger partial charge is 0.114 e. The van der Waals surface area contributed by atoms with Gasteiger partial charge in [0.15, 0.2) is 0 Å². The Hall–Kier alpha value is -0.150. The number of rotatable bonds is 2. The molecule has 0 radical (unpaired) electrons. The van der Waals surface area contributed by atoms with Gasteiger partial charge in [-0.2, -0.15) is 0 Å². The van der Waals surface area contributed by atoms with Gasteiger partial charge in [0.2, 0.25) is 0 Å². The van der Waals surface area contributed by atoms with Crippen LogP contribution < -0.4 is 5.73 Å². The van der Waals surface area contributed by atoms with Gasteiger partial charge in [-0.1, -0.05) is 0 Å². The van der Waals surface area contributed by atoms with E-state index >= 15 is 0 Å². The van der Waals surface area contributed by atoms with Crippen LogP contribution in [0.15, 0.2) is 0 Å². The number of nitrogens with zero attached hydrogens (tertiary/aromatic N) is 1. The summed E-state index contributed by atoms with van der Waals surface area (Å²) in [5.74, 6) is 0.648. The quantitative estimate of drug-likeness (QED) is 0.666. The van der Waals surface area contributed by atoms with Crippen molar-refractivity contribution < 1.29 is 4.39 Å². The van der Waals surface area contributed by atoms with E-state index in [-0.39, 0.29) is 0 Å². The Morgan fingerprint density at radius 2 is 2.17 bits per heavy atom. The van der Waals surface area contributed by atoms with Crippen LogP contribution in [0.4, 0.5) is 4.39 Å². The van der Waals surface area contributed by atoms with Gasteiger partial charge in [-0.25, -0.2) is 4.39 Å². The van der Waals surface area contributed by atoms with Gasteiger partial charge in [0.1, 0.15) is 6.17 Å². The highest BCUT2D eigenvalue weighted by Crippen LogP contribution is 2.33. The molecule has 12 heavy (non-hydrogen) atoms. The van der Waals surface area contributed by atoms with Crippen LogP contribution >= 0.6 is 0 Å². The fourth-order valence-electron chi connectivity index (χ4n) is 2.35. The predicted molar refractivity (Wildman–Crippen MR) is 46.7 cm³/mol. The summed E-state index contributed by atoms with van der Waals surface area (Å²) in [6.07, 6.45) is 2.63. The molecule has 3 unspecified atom stereocenters. The lowest BCUT2D eigenvalue weighted by Crippen LogP contribution is -2.48. The molecule has 3 atom stereocenters. The fourth-order valence-corrected chi connectivity index (χ4v) is 2.35. The Kier molecular flexibility index (Phi) is 2.33. The molecule has 0 amide bonds. The molecular formula is C9H17FN2. The second kappa shape index (κ2) is 3.30. The number of nitrogens with two attached hydrogens (primary N) is 1. The Labute approximate surface area is 72.9 Å². The van der Waals surface area contributed by atoms with E-state index in [9.17, 15) is 4.39 Å². The lowest BCUT2D eigenvalue weighted by molar-refractivity contribution is 0.0823. The molecule has 0 aromatic rings. The summed E-state index contributed by atoms with van der Waals surface area (Å²) >= 11 is 0. The van der Waals surface area contributed by atoms with E-state index < -0.39 is 6.17 Å². The van der Waals surface area contributed by atoms with Gasteiger partial charge in [-0.3, -0.25) is 4.90 Å². The highest BCUT2D eigenvalue weighted by molar-refractivity contribution is 4.92. The van der Waals surface area contributed by atoms with Gasteiger partial charge in [-0.15, -0.1) is 0 Å². The molecule has 0 bridgehead atoms. The van der Waals surface area contributed by atoms with Crippen LogP contribution in [0.5, 0.6) is 0 Å². The zero-order valence-corrected chi connectivity index (χ0v) is 7.38. The molecule has 2 aliphatic rings. The second-order valence-electron chi connectivity index (χ2n) is 4.02. The van der Waals surface area contributed by atoms with Crippen LogP contribution in [0, 0.1) is 5.92 Å². The summed E-state index contributed by atoms with van der Waals surface area (Å²) in [5.41, 5.74) is 5.61. The van der Waals surface area contributed by atoms with Crippen LogP contribution in [0.3, 0.4) is 0 Å². The molecule has 3 heteroatoms.